The molecule has 0 radical (unpaired) electrons. The molecule has 5 heteroatoms. The molecule has 0 saturated carbocycles. The van der Waals surface area contributed by atoms with E-state index in [1.807, 2.05) is 12.1 Å². The molecule has 2 rings (SSSR count). The van der Waals surface area contributed by atoms with E-state index in [1.54, 1.807) is 30.2 Å². The molecular formula is C12H14N4S. The number of nitrogen functional groups attached to an aromatic ring is 1. The Morgan fingerprint density at radius 3 is 2.53 bits per heavy atom. The van der Waals surface area contributed by atoms with E-state index in [0.717, 1.165) is 15.7 Å². The number of nitrogens with zero attached hydrogens (tertiary/aromatic N) is 3. The number of rotatable bonds is 3. The van der Waals surface area contributed by atoms with Crippen LogP contribution in [-0.4, -0.2) is 15.0 Å². The minimum absolute atomic E-state index is 0.273. The Morgan fingerprint density at radius 1 is 1.18 bits per heavy atom. The molecule has 0 aliphatic rings. The first-order valence-electron chi connectivity index (χ1n) is 5.37. The normalized spacial score (nSPS) is 10.8. The minimum atomic E-state index is 0.273. The first-order valence-corrected chi connectivity index (χ1v) is 6.19. The van der Waals surface area contributed by atoms with Crippen molar-refractivity contribution in [2.45, 2.75) is 29.7 Å². The van der Waals surface area contributed by atoms with Crippen molar-refractivity contribution < 1.29 is 0 Å². The monoisotopic (exact) mass is 246 g/mol. The Morgan fingerprint density at radius 2 is 1.88 bits per heavy atom. The molecule has 2 N–H and O–H groups in total. The lowest BCUT2D eigenvalue weighted by Crippen LogP contribution is -2.02. The van der Waals surface area contributed by atoms with Gasteiger partial charge in [0.25, 0.3) is 0 Å². The number of nitrogens with two attached hydrogens (primary N) is 1. The third-order valence-electron chi connectivity index (χ3n) is 2.13. The van der Waals surface area contributed by atoms with E-state index in [1.165, 1.54) is 0 Å². The zero-order chi connectivity index (χ0) is 12.3. The molecule has 2 aromatic rings. The van der Waals surface area contributed by atoms with Gasteiger partial charge >= 0.3 is 0 Å². The van der Waals surface area contributed by atoms with E-state index in [4.69, 9.17) is 5.73 Å². The van der Waals surface area contributed by atoms with Crippen LogP contribution in [0, 0.1) is 0 Å². The van der Waals surface area contributed by atoms with Gasteiger partial charge in [0.2, 0.25) is 0 Å². The highest BCUT2D eigenvalue weighted by Crippen LogP contribution is 2.27. The first-order chi connectivity index (χ1) is 8.15. The maximum absolute atomic E-state index is 5.77. The second-order valence-corrected chi connectivity index (χ2v) is 5.02. The lowest BCUT2D eigenvalue weighted by molar-refractivity contribution is 0.756. The van der Waals surface area contributed by atoms with Crippen molar-refractivity contribution in [3.05, 3.63) is 36.4 Å². The van der Waals surface area contributed by atoms with Crippen molar-refractivity contribution in [2.24, 2.45) is 0 Å². The summed E-state index contributed by atoms with van der Waals surface area (Å²) in [5.41, 5.74) is 5.77. The number of hydrogen-bond acceptors (Lipinski definition) is 5. The van der Waals surface area contributed by atoms with Gasteiger partial charge in [0.1, 0.15) is 16.7 Å². The summed E-state index contributed by atoms with van der Waals surface area (Å²) in [6, 6.07) is 5.67. The zero-order valence-electron chi connectivity index (χ0n) is 9.79. The van der Waals surface area contributed by atoms with Gasteiger partial charge in [-0.1, -0.05) is 25.6 Å². The SMILES string of the molecule is CC(C)c1nc(N)cc(Sc2ccncc2)n1. The average molecular weight is 246 g/mol. The number of aromatic nitrogens is 3. The van der Waals surface area contributed by atoms with Crippen molar-refractivity contribution >= 4 is 17.6 Å². The van der Waals surface area contributed by atoms with Crippen LogP contribution >= 0.6 is 11.8 Å². The van der Waals surface area contributed by atoms with Crippen LogP contribution in [0.25, 0.3) is 0 Å². The number of hydrogen-bond donors (Lipinski definition) is 1. The van der Waals surface area contributed by atoms with Crippen LogP contribution in [-0.2, 0) is 0 Å². The van der Waals surface area contributed by atoms with Crippen molar-refractivity contribution in [2.75, 3.05) is 5.73 Å². The average Bonchev–Trinajstić information content (AvgIpc) is 2.29. The summed E-state index contributed by atoms with van der Waals surface area (Å²) < 4.78 is 0. The lowest BCUT2D eigenvalue weighted by Gasteiger charge is -2.07. The summed E-state index contributed by atoms with van der Waals surface area (Å²) >= 11 is 1.56. The highest BCUT2D eigenvalue weighted by molar-refractivity contribution is 7.99. The summed E-state index contributed by atoms with van der Waals surface area (Å²) in [4.78, 5) is 13.8. The van der Waals surface area contributed by atoms with Crippen molar-refractivity contribution in [3.63, 3.8) is 0 Å². The predicted molar refractivity (Wildman–Crippen MR) is 68.9 cm³/mol. The Labute approximate surface area is 105 Å². The first kappa shape index (κ1) is 11.9. The van der Waals surface area contributed by atoms with Gasteiger partial charge in [0, 0.05) is 29.3 Å². The molecule has 4 nitrogen and oxygen atoms in total. The van der Waals surface area contributed by atoms with Gasteiger partial charge in [0.05, 0.1) is 0 Å². The molecule has 0 spiro atoms. The van der Waals surface area contributed by atoms with Crippen LogP contribution in [0.1, 0.15) is 25.6 Å². The predicted octanol–water partition coefficient (Wildman–Crippen LogP) is 2.73. The van der Waals surface area contributed by atoms with E-state index in [-0.39, 0.29) is 5.92 Å². The molecule has 0 aliphatic heterocycles. The zero-order valence-corrected chi connectivity index (χ0v) is 10.6. The quantitative estimate of drug-likeness (QED) is 0.843. The second-order valence-electron chi connectivity index (χ2n) is 3.93. The Balaban J connectivity index is 2.27. The molecule has 0 saturated heterocycles. The van der Waals surface area contributed by atoms with Crippen molar-refractivity contribution in [3.8, 4) is 0 Å². The van der Waals surface area contributed by atoms with Gasteiger partial charge in [-0.05, 0) is 12.1 Å². The molecular weight excluding hydrogens is 232 g/mol. The minimum Gasteiger partial charge on any atom is -0.384 e. The third kappa shape index (κ3) is 3.17. The van der Waals surface area contributed by atoms with E-state index < -0.39 is 0 Å². The van der Waals surface area contributed by atoms with Crippen LogP contribution in [0.2, 0.25) is 0 Å². The number of pyridine rings is 1. The maximum atomic E-state index is 5.77. The molecule has 17 heavy (non-hydrogen) atoms. The molecule has 2 heterocycles. The largest absolute Gasteiger partial charge is 0.384 e. The maximum Gasteiger partial charge on any atom is 0.134 e. The third-order valence-corrected chi connectivity index (χ3v) is 3.05. The lowest BCUT2D eigenvalue weighted by atomic mass is 10.2. The Kier molecular flexibility index (Phi) is 3.58. The number of anilines is 1. The van der Waals surface area contributed by atoms with E-state index in [2.05, 4.69) is 28.8 Å². The fourth-order valence-electron chi connectivity index (χ4n) is 1.30. The smallest absolute Gasteiger partial charge is 0.134 e. The van der Waals surface area contributed by atoms with E-state index >= 15 is 0 Å². The molecule has 2 aromatic heterocycles. The van der Waals surface area contributed by atoms with Crippen LogP contribution < -0.4 is 5.73 Å². The highest BCUT2D eigenvalue weighted by Gasteiger charge is 2.07. The summed E-state index contributed by atoms with van der Waals surface area (Å²) in [5, 5.41) is 0.868. The summed E-state index contributed by atoms with van der Waals surface area (Å²) in [6.07, 6.45) is 3.52. The molecule has 0 amide bonds. The van der Waals surface area contributed by atoms with Gasteiger partial charge in [-0.3, -0.25) is 4.98 Å². The summed E-state index contributed by atoms with van der Waals surface area (Å²) in [6.45, 7) is 4.10. The molecule has 0 unspecified atom stereocenters. The summed E-state index contributed by atoms with van der Waals surface area (Å²) in [5.74, 6) is 1.57. The van der Waals surface area contributed by atoms with Crippen LogP contribution in [0.4, 0.5) is 5.82 Å². The van der Waals surface area contributed by atoms with Gasteiger partial charge in [-0.2, -0.15) is 0 Å². The van der Waals surface area contributed by atoms with Gasteiger partial charge in [-0.15, -0.1) is 0 Å². The molecule has 0 atom stereocenters. The van der Waals surface area contributed by atoms with Gasteiger partial charge in [0.15, 0.2) is 0 Å². The van der Waals surface area contributed by atoms with Crippen LogP contribution in [0.5, 0.6) is 0 Å². The molecule has 0 aromatic carbocycles. The van der Waals surface area contributed by atoms with E-state index in [0.29, 0.717) is 5.82 Å². The molecule has 0 bridgehead atoms. The van der Waals surface area contributed by atoms with Crippen LogP contribution in [0.15, 0.2) is 40.5 Å². The molecule has 0 aliphatic carbocycles. The topological polar surface area (TPSA) is 64.7 Å². The fourth-order valence-corrected chi connectivity index (χ4v) is 2.12. The van der Waals surface area contributed by atoms with Crippen LogP contribution in [0.3, 0.4) is 0 Å². The Hall–Kier alpha value is -1.62. The van der Waals surface area contributed by atoms with Gasteiger partial charge in [-0.25, -0.2) is 9.97 Å². The van der Waals surface area contributed by atoms with Crippen molar-refractivity contribution in [1.29, 1.82) is 0 Å². The van der Waals surface area contributed by atoms with E-state index in [9.17, 15) is 0 Å². The second kappa shape index (κ2) is 5.14. The molecule has 0 fully saturated rings. The summed E-state index contributed by atoms with van der Waals surface area (Å²) in [7, 11) is 0. The molecule has 88 valence electrons. The highest BCUT2D eigenvalue weighted by atomic mass is 32.2. The Bertz CT molecular complexity index is 499. The van der Waals surface area contributed by atoms with Crippen molar-refractivity contribution in [1.82, 2.24) is 15.0 Å². The fraction of sp³-hybridized carbons (Fsp3) is 0.250. The van der Waals surface area contributed by atoms with Gasteiger partial charge < -0.3 is 5.73 Å². The standard InChI is InChI=1S/C12H14N4S/c1-8(2)12-15-10(13)7-11(16-12)17-9-3-5-14-6-4-9/h3-8H,1-2H3,(H2,13,15,16).